The molecule has 0 aliphatic rings. The van der Waals surface area contributed by atoms with Gasteiger partial charge in [-0.1, -0.05) is 29.8 Å². The first-order valence-corrected chi connectivity index (χ1v) is 7.38. The topological polar surface area (TPSA) is 37.4 Å². The third kappa shape index (κ3) is 3.55. The highest BCUT2D eigenvalue weighted by Crippen LogP contribution is 2.21. The van der Waals surface area contributed by atoms with Crippen LogP contribution in [0.15, 0.2) is 54.6 Å². The Morgan fingerprint density at radius 1 is 0.818 bits per heavy atom. The van der Waals surface area contributed by atoms with E-state index in [1.165, 1.54) is 4.90 Å². The number of amides is 2. The van der Waals surface area contributed by atoms with Crippen molar-refractivity contribution in [3.63, 3.8) is 0 Å². The third-order valence-corrected chi connectivity index (χ3v) is 3.44. The quantitative estimate of drug-likeness (QED) is 0.769. The van der Waals surface area contributed by atoms with E-state index in [1.807, 2.05) is 26.8 Å². The van der Waals surface area contributed by atoms with Gasteiger partial charge in [-0.15, -0.1) is 0 Å². The van der Waals surface area contributed by atoms with Gasteiger partial charge in [0.1, 0.15) is 0 Å². The summed E-state index contributed by atoms with van der Waals surface area (Å²) >= 11 is 5.85. The Hall–Kier alpha value is -2.13. The van der Waals surface area contributed by atoms with E-state index in [-0.39, 0.29) is 11.8 Å². The molecule has 0 saturated carbocycles. The van der Waals surface area contributed by atoms with Gasteiger partial charge in [0.15, 0.2) is 0 Å². The van der Waals surface area contributed by atoms with Crippen molar-refractivity contribution >= 4 is 23.4 Å². The van der Waals surface area contributed by atoms with Gasteiger partial charge in [-0.2, -0.15) is 0 Å². The number of imide groups is 1. The van der Waals surface area contributed by atoms with Crippen LogP contribution < -0.4 is 0 Å². The van der Waals surface area contributed by atoms with E-state index < -0.39 is 5.54 Å². The Labute approximate surface area is 135 Å². The standard InChI is InChI=1S/C18H18ClNO2/c1-18(2,3)20(16(21)13-7-5-4-6-8-13)17(22)14-9-11-15(19)12-10-14/h4-12H,1-3H3. The van der Waals surface area contributed by atoms with Gasteiger partial charge in [0.05, 0.1) is 0 Å². The van der Waals surface area contributed by atoms with Gasteiger partial charge in [0.2, 0.25) is 0 Å². The number of rotatable bonds is 2. The molecule has 2 rings (SSSR count). The number of hydrogen-bond acceptors (Lipinski definition) is 2. The number of benzene rings is 2. The molecule has 3 nitrogen and oxygen atoms in total. The minimum absolute atomic E-state index is 0.312. The van der Waals surface area contributed by atoms with Crippen molar-refractivity contribution in [2.75, 3.05) is 0 Å². The molecule has 0 saturated heterocycles. The van der Waals surface area contributed by atoms with Crippen molar-refractivity contribution in [2.45, 2.75) is 26.3 Å². The van der Waals surface area contributed by atoms with Gasteiger partial charge in [-0.05, 0) is 57.2 Å². The van der Waals surface area contributed by atoms with Crippen LogP contribution in [0.25, 0.3) is 0 Å². The van der Waals surface area contributed by atoms with Gasteiger partial charge in [0.25, 0.3) is 11.8 Å². The molecule has 0 unspecified atom stereocenters. The molecule has 22 heavy (non-hydrogen) atoms. The van der Waals surface area contributed by atoms with Crippen molar-refractivity contribution in [2.24, 2.45) is 0 Å². The van der Waals surface area contributed by atoms with Crippen molar-refractivity contribution in [3.8, 4) is 0 Å². The van der Waals surface area contributed by atoms with E-state index in [9.17, 15) is 9.59 Å². The normalized spacial score (nSPS) is 11.1. The Bertz CT molecular complexity index is 672. The van der Waals surface area contributed by atoms with Gasteiger partial charge in [0, 0.05) is 21.7 Å². The summed E-state index contributed by atoms with van der Waals surface area (Å²) in [4.78, 5) is 26.8. The molecule has 0 aliphatic carbocycles. The summed E-state index contributed by atoms with van der Waals surface area (Å²) < 4.78 is 0. The summed E-state index contributed by atoms with van der Waals surface area (Å²) in [5.74, 6) is -0.647. The molecule has 4 heteroatoms. The number of halogens is 1. The Balaban J connectivity index is 2.41. The minimum atomic E-state index is -0.635. The second-order valence-corrected chi connectivity index (χ2v) is 6.43. The summed E-state index contributed by atoms with van der Waals surface area (Å²) in [5, 5.41) is 0.549. The predicted octanol–water partition coefficient (Wildman–Crippen LogP) is 4.42. The summed E-state index contributed by atoms with van der Waals surface area (Å²) in [7, 11) is 0. The minimum Gasteiger partial charge on any atom is -0.269 e. The summed E-state index contributed by atoms with van der Waals surface area (Å²) in [6, 6.07) is 15.3. The van der Waals surface area contributed by atoms with Crippen LogP contribution in [0.3, 0.4) is 0 Å². The van der Waals surface area contributed by atoms with Crippen LogP contribution in [0.4, 0.5) is 0 Å². The number of carbonyl (C=O) groups is 2. The average molecular weight is 316 g/mol. The van der Waals surface area contributed by atoms with Gasteiger partial charge in [-0.25, -0.2) is 0 Å². The number of hydrogen-bond donors (Lipinski definition) is 0. The number of carbonyl (C=O) groups excluding carboxylic acids is 2. The molecular formula is C18H18ClNO2. The fourth-order valence-corrected chi connectivity index (χ4v) is 2.26. The van der Waals surface area contributed by atoms with Crippen LogP contribution in [-0.2, 0) is 0 Å². The van der Waals surface area contributed by atoms with Crippen molar-refractivity contribution in [1.82, 2.24) is 4.90 Å². The molecule has 114 valence electrons. The average Bonchev–Trinajstić information content (AvgIpc) is 2.47. The first-order valence-electron chi connectivity index (χ1n) is 7.00. The highest BCUT2D eigenvalue weighted by molar-refractivity contribution is 6.30. The Morgan fingerprint density at radius 2 is 1.27 bits per heavy atom. The smallest absolute Gasteiger partial charge is 0.261 e. The SMILES string of the molecule is CC(C)(C)N(C(=O)c1ccccc1)C(=O)c1ccc(Cl)cc1. The summed E-state index contributed by atoms with van der Waals surface area (Å²) in [6.45, 7) is 5.50. The third-order valence-electron chi connectivity index (χ3n) is 3.19. The zero-order chi connectivity index (χ0) is 16.3. The molecule has 2 amide bonds. The molecule has 2 aromatic carbocycles. The van der Waals surface area contributed by atoms with E-state index >= 15 is 0 Å². The molecule has 0 atom stereocenters. The summed E-state index contributed by atoms with van der Waals surface area (Å²) in [5.41, 5.74) is 0.284. The highest BCUT2D eigenvalue weighted by atomic mass is 35.5. The zero-order valence-electron chi connectivity index (χ0n) is 12.8. The maximum absolute atomic E-state index is 12.8. The first-order chi connectivity index (χ1) is 10.3. The van der Waals surface area contributed by atoms with Crippen LogP contribution in [-0.4, -0.2) is 22.3 Å². The molecular weight excluding hydrogens is 298 g/mol. The van der Waals surface area contributed by atoms with Crippen molar-refractivity contribution in [3.05, 3.63) is 70.7 Å². The largest absolute Gasteiger partial charge is 0.269 e. The van der Waals surface area contributed by atoms with Crippen molar-refractivity contribution < 1.29 is 9.59 Å². The second-order valence-electron chi connectivity index (χ2n) is 5.99. The number of nitrogens with zero attached hydrogens (tertiary/aromatic N) is 1. The molecule has 0 fully saturated rings. The lowest BCUT2D eigenvalue weighted by Gasteiger charge is -2.34. The monoisotopic (exact) mass is 315 g/mol. The summed E-state index contributed by atoms with van der Waals surface area (Å²) in [6.07, 6.45) is 0. The van der Waals surface area contributed by atoms with Crippen LogP contribution in [0.2, 0.25) is 5.02 Å². The van der Waals surface area contributed by atoms with E-state index in [0.717, 1.165) is 0 Å². The lowest BCUT2D eigenvalue weighted by atomic mass is 10.0. The predicted molar refractivity (Wildman–Crippen MR) is 88.1 cm³/mol. The second kappa shape index (κ2) is 6.32. The fraction of sp³-hybridized carbons (Fsp3) is 0.222. The Morgan fingerprint density at radius 3 is 1.73 bits per heavy atom. The molecule has 0 radical (unpaired) electrons. The van der Waals surface area contributed by atoms with Gasteiger partial charge < -0.3 is 0 Å². The fourth-order valence-electron chi connectivity index (χ4n) is 2.13. The van der Waals surface area contributed by atoms with E-state index in [4.69, 9.17) is 11.6 Å². The van der Waals surface area contributed by atoms with Crippen LogP contribution in [0.1, 0.15) is 41.5 Å². The lowest BCUT2D eigenvalue weighted by molar-refractivity contribution is 0.0466. The molecule has 0 N–H and O–H groups in total. The molecule has 0 spiro atoms. The van der Waals surface area contributed by atoms with E-state index in [1.54, 1.807) is 48.5 Å². The van der Waals surface area contributed by atoms with Crippen molar-refractivity contribution in [1.29, 1.82) is 0 Å². The lowest BCUT2D eigenvalue weighted by Crippen LogP contribution is -2.49. The molecule has 0 bridgehead atoms. The molecule has 0 heterocycles. The van der Waals surface area contributed by atoms with E-state index in [0.29, 0.717) is 16.1 Å². The molecule has 2 aromatic rings. The van der Waals surface area contributed by atoms with Gasteiger partial charge in [-0.3, -0.25) is 14.5 Å². The van der Waals surface area contributed by atoms with Crippen LogP contribution in [0, 0.1) is 0 Å². The molecule has 0 aromatic heterocycles. The maximum Gasteiger partial charge on any atom is 0.261 e. The highest BCUT2D eigenvalue weighted by Gasteiger charge is 2.33. The first kappa shape index (κ1) is 16.2. The zero-order valence-corrected chi connectivity index (χ0v) is 13.6. The Kier molecular flexibility index (Phi) is 4.67. The van der Waals surface area contributed by atoms with Crippen LogP contribution >= 0.6 is 11.6 Å². The van der Waals surface area contributed by atoms with E-state index in [2.05, 4.69) is 0 Å². The van der Waals surface area contributed by atoms with Gasteiger partial charge >= 0.3 is 0 Å². The van der Waals surface area contributed by atoms with Crippen LogP contribution in [0.5, 0.6) is 0 Å². The maximum atomic E-state index is 12.8. The molecule has 0 aliphatic heterocycles.